The molecule has 13 heteroatoms. The van der Waals surface area contributed by atoms with E-state index in [-0.39, 0.29) is 61.4 Å². The first-order valence-electron chi connectivity index (χ1n) is 13.2. The molecule has 1 atom stereocenters. The van der Waals surface area contributed by atoms with E-state index in [2.05, 4.69) is 9.97 Å². The van der Waals surface area contributed by atoms with E-state index < -0.39 is 29.9 Å². The maximum atomic E-state index is 13.8. The smallest absolute Gasteiger partial charge is 0.433 e. The Morgan fingerprint density at radius 1 is 1.07 bits per heavy atom. The summed E-state index contributed by atoms with van der Waals surface area (Å²) in [5.41, 5.74) is 5.93. The number of pyridine rings is 1. The zero-order valence-electron chi connectivity index (χ0n) is 22.9. The summed E-state index contributed by atoms with van der Waals surface area (Å²) in [4.78, 5) is 37.9. The van der Waals surface area contributed by atoms with E-state index in [1.807, 2.05) is 30.3 Å². The molecule has 4 aromatic rings. The largest absolute Gasteiger partial charge is 0.494 e. The normalized spacial score (nSPS) is 15.6. The van der Waals surface area contributed by atoms with Gasteiger partial charge in [-0.15, -0.1) is 0 Å². The standard InChI is InChI=1S/C29H28F3N5O5/c1-3-41-28(39)37-14-13-36(16-20(37)17-7-5-4-6-8-17)27(38)25-22(15-33)42-26(35-25)19-9-11-21(40-2)24-18(19)10-12-23(34-24)29(30,31)32/h4-12,20H,3,13-16,33H2,1-2H3. The van der Waals surface area contributed by atoms with Crippen molar-refractivity contribution in [3.8, 4) is 17.2 Å². The number of fused-ring (bicyclic) bond motifs is 1. The topological polar surface area (TPSA) is 124 Å². The first-order valence-corrected chi connectivity index (χ1v) is 13.2. The van der Waals surface area contributed by atoms with Crippen molar-refractivity contribution in [1.29, 1.82) is 0 Å². The van der Waals surface area contributed by atoms with E-state index in [1.54, 1.807) is 22.8 Å². The van der Waals surface area contributed by atoms with Gasteiger partial charge in [0.2, 0.25) is 5.89 Å². The number of methoxy groups -OCH3 is 1. The number of amides is 2. The van der Waals surface area contributed by atoms with Crippen molar-refractivity contribution in [2.45, 2.75) is 25.7 Å². The second-order valence-corrected chi connectivity index (χ2v) is 9.47. The quantitative estimate of drug-likeness (QED) is 0.335. The predicted molar refractivity (Wildman–Crippen MR) is 145 cm³/mol. The molecule has 1 saturated heterocycles. The summed E-state index contributed by atoms with van der Waals surface area (Å²) in [6, 6.07) is 14.0. The number of piperazine rings is 1. The number of carbonyl (C=O) groups is 2. The highest BCUT2D eigenvalue weighted by molar-refractivity contribution is 5.98. The fraction of sp³-hybridized carbons (Fsp3) is 0.310. The molecular formula is C29H28F3N5O5. The lowest BCUT2D eigenvalue weighted by Crippen LogP contribution is -2.52. The second kappa shape index (κ2) is 11.7. The first-order chi connectivity index (χ1) is 20.2. The van der Waals surface area contributed by atoms with Crippen LogP contribution in [0.25, 0.3) is 22.4 Å². The average Bonchev–Trinajstić information content (AvgIpc) is 3.44. The molecule has 2 aromatic carbocycles. The lowest BCUT2D eigenvalue weighted by molar-refractivity contribution is -0.140. The van der Waals surface area contributed by atoms with E-state index in [9.17, 15) is 22.8 Å². The van der Waals surface area contributed by atoms with Crippen LogP contribution >= 0.6 is 0 Å². The zero-order valence-corrected chi connectivity index (χ0v) is 22.9. The van der Waals surface area contributed by atoms with Crippen LogP contribution < -0.4 is 10.5 Å². The molecule has 2 aromatic heterocycles. The zero-order chi connectivity index (χ0) is 30.0. The minimum Gasteiger partial charge on any atom is -0.494 e. The fourth-order valence-corrected chi connectivity index (χ4v) is 4.98. The van der Waals surface area contributed by atoms with Crippen LogP contribution in [0.5, 0.6) is 5.75 Å². The first kappa shape index (κ1) is 28.9. The number of halogens is 3. The molecule has 1 unspecified atom stereocenters. The molecule has 0 spiro atoms. The Labute approximate surface area is 238 Å². The molecule has 1 aliphatic heterocycles. The number of rotatable bonds is 6. The average molecular weight is 584 g/mol. The number of hydrogen-bond acceptors (Lipinski definition) is 8. The third-order valence-electron chi connectivity index (χ3n) is 7.00. The molecule has 2 N–H and O–H groups in total. The molecule has 1 fully saturated rings. The van der Waals surface area contributed by atoms with Crippen LogP contribution in [0.2, 0.25) is 0 Å². The lowest BCUT2D eigenvalue weighted by Gasteiger charge is -2.40. The molecule has 0 bridgehead atoms. The summed E-state index contributed by atoms with van der Waals surface area (Å²) >= 11 is 0. The van der Waals surface area contributed by atoms with Gasteiger partial charge in [-0.3, -0.25) is 9.69 Å². The SMILES string of the molecule is CCOC(=O)N1CCN(C(=O)c2nc(-c3ccc(OC)c4nc(C(F)(F)F)ccc34)oc2CN)CC1c1ccccc1. The van der Waals surface area contributed by atoms with E-state index in [0.717, 1.165) is 11.6 Å². The molecular weight excluding hydrogens is 555 g/mol. The number of nitrogens with zero attached hydrogens (tertiary/aromatic N) is 4. The minimum absolute atomic E-state index is 0.00205. The highest BCUT2D eigenvalue weighted by Crippen LogP contribution is 2.37. The second-order valence-electron chi connectivity index (χ2n) is 9.47. The summed E-state index contributed by atoms with van der Waals surface area (Å²) < 4.78 is 56.5. The summed E-state index contributed by atoms with van der Waals surface area (Å²) in [5.74, 6) is -0.209. The predicted octanol–water partition coefficient (Wildman–Crippen LogP) is 5.03. The summed E-state index contributed by atoms with van der Waals surface area (Å²) in [5, 5.41) is 0.290. The van der Waals surface area contributed by atoms with Gasteiger partial charge in [-0.05, 0) is 36.8 Å². The molecule has 42 heavy (non-hydrogen) atoms. The monoisotopic (exact) mass is 583 g/mol. The van der Waals surface area contributed by atoms with Gasteiger partial charge in [-0.1, -0.05) is 30.3 Å². The number of aromatic nitrogens is 2. The highest BCUT2D eigenvalue weighted by atomic mass is 19.4. The number of hydrogen-bond donors (Lipinski definition) is 1. The van der Waals surface area contributed by atoms with Crippen LogP contribution in [0, 0.1) is 0 Å². The van der Waals surface area contributed by atoms with Gasteiger partial charge in [-0.25, -0.2) is 14.8 Å². The van der Waals surface area contributed by atoms with Gasteiger partial charge in [0.1, 0.15) is 17.0 Å². The van der Waals surface area contributed by atoms with Crippen molar-refractivity contribution in [2.75, 3.05) is 33.4 Å². The number of ether oxygens (including phenoxy) is 2. The third-order valence-corrected chi connectivity index (χ3v) is 7.00. The van der Waals surface area contributed by atoms with Crippen LogP contribution in [0.1, 0.15) is 40.5 Å². The number of benzene rings is 2. The Balaban J connectivity index is 1.50. The Bertz CT molecular complexity index is 1610. The summed E-state index contributed by atoms with van der Waals surface area (Å²) in [7, 11) is 1.33. The summed E-state index contributed by atoms with van der Waals surface area (Å²) in [6.07, 6.45) is -5.13. The molecule has 220 valence electrons. The van der Waals surface area contributed by atoms with Crippen LogP contribution in [0.3, 0.4) is 0 Å². The van der Waals surface area contributed by atoms with Gasteiger partial charge in [0.15, 0.2) is 11.5 Å². The maximum Gasteiger partial charge on any atom is 0.433 e. The van der Waals surface area contributed by atoms with Gasteiger partial charge >= 0.3 is 12.3 Å². The Hall–Kier alpha value is -4.65. The molecule has 0 radical (unpaired) electrons. The lowest BCUT2D eigenvalue weighted by atomic mass is 10.0. The number of nitrogens with two attached hydrogens (primary N) is 1. The van der Waals surface area contributed by atoms with Crippen molar-refractivity contribution in [1.82, 2.24) is 19.8 Å². The number of carbonyl (C=O) groups excluding carboxylic acids is 2. The molecule has 0 saturated carbocycles. The molecule has 2 amide bonds. The molecule has 1 aliphatic rings. The minimum atomic E-state index is -4.65. The van der Waals surface area contributed by atoms with Gasteiger partial charge in [0, 0.05) is 30.6 Å². The van der Waals surface area contributed by atoms with E-state index in [4.69, 9.17) is 19.6 Å². The van der Waals surface area contributed by atoms with E-state index >= 15 is 0 Å². The maximum absolute atomic E-state index is 13.8. The molecule has 5 rings (SSSR count). The van der Waals surface area contributed by atoms with Crippen LogP contribution in [0.15, 0.2) is 59.0 Å². The Kier molecular flexibility index (Phi) is 8.03. The Morgan fingerprint density at radius 2 is 1.83 bits per heavy atom. The van der Waals surface area contributed by atoms with Crippen molar-refractivity contribution >= 4 is 22.9 Å². The van der Waals surface area contributed by atoms with Crippen LogP contribution in [0.4, 0.5) is 18.0 Å². The Morgan fingerprint density at radius 3 is 2.50 bits per heavy atom. The van der Waals surface area contributed by atoms with Gasteiger partial charge in [-0.2, -0.15) is 13.2 Å². The van der Waals surface area contributed by atoms with E-state index in [1.165, 1.54) is 19.2 Å². The van der Waals surface area contributed by atoms with Gasteiger partial charge in [0.25, 0.3) is 5.91 Å². The van der Waals surface area contributed by atoms with E-state index in [0.29, 0.717) is 10.9 Å². The van der Waals surface area contributed by atoms with Crippen molar-refractivity contribution < 1.29 is 36.7 Å². The van der Waals surface area contributed by atoms with Gasteiger partial charge in [0.05, 0.1) is 26.3 Å². The van der Waals surface area contributed by atoms with Gasteiger partial charge < -0.3 is 24.5 Å². The van der Waals surface area contributed by atoms with Crippen molar-refractivity contribution in [3.05, 3.63) is 77.3 Å². The fourth-order valence-electron chi connectivity index (χ4n) is 4.98. The summed E-state index contributed by atoms with van der Waals surface area (Å²) in [6.45, 7) is 2.40. The van der Waals surface area contributed by atoms with Crippen molar-refractivity contribution in [3.63, 3.8) is 0 Å². The van der Waals surface area contributed by atoms with Crippen LogP contribution in [-0.2, 0) is 17.5 Å². The number of oxazole rings is 1. The molecule has 3 heterocycles. The highest BCUT2D eigenvalue weighted by Gasteiger charge is 2.37. The molecule has 0 aliphatic carbocycles. The van der Waals surface area contributed by atoms with Crippen LogP contribution in [-0.4, -0.2) is 65.1 Å². The van der Waals surface area contributed by atoms with Crippen molar-refractivity contribution in [2.24, 2.45) is 5.73 Å². The molecule has 10 nitrogen and oxygen atoms in total. The third kappa shape index (κ3) is 5.47. The number of alkyl halides is 3.